The second-order valence-electron chi connectivity index (χ2n) is 7.80. The Balaban J connectivity index is 1.49. The van der Waals surface area contributed by atoms with Gasteiger partial charge in [-0.25, -0.2) is 9.18 Å². The van der Waals surface area contributed by atoms with Crippen LogP contribution >= 0.6 is 0 Å². The Labute approximate surface area is 197 Å². The van der Waals surface area contributed by atoms with E-state index in [0.717, 1.165) is 17.0 Å². The number of rotatable bonds is 8. The Kier molecular flexibility index (Phi) is 7.27. The molecule has 0 aromatic heterocycles. The van der Waals surface area contributed by atoms with E-state index in [9.17, 15) is 9.18 Å². The van der Waals surface area contributed by atoms with Crippen molar-refractivity contribution >= 4 is 17.4 Å². The van der Waals surface area contributed by atoms with Crippen LogP contribution in [-0.2, 0) is 11.4 Å². The molecule has 4 rings (SSSR count). The van der Waals surface area contributed by atoms with Crippen LogP contribution in [0.25, 0.3) is 0 Å². The number of hydrogen-bond donors (Lipinski definition) is 1. The summed E-state index contributed by atoms with van der Waals surface area (Å²) in [5.41, 5.74) is 2.63. The van der Waals surface area contributed by atoms with Gasteiger partial charge >= 0.3 is 6.03 Å². The van der Waals surface area contributed by atoms with E-state index >= 15 is 0 Å². The number of amides is 2. The summed E-state index contributed by atoms with van der Waals surface area (Å²) in [5.74, 6) is 0.910. The number of ether oxygens (including phenoxy) is 2. The molecule has 1 heterocycles. The third kappa shape index (κ3) is 5.46. The summed E-state index contributed by atoms with van der Waals surface area (Å²) in [6, 6.07) is 20.7. The van der Waals surface area contributed by atoms with Crippen LogP contribution in [0.5, 0.6) is 11.5 Å². The third-order valence-corrected chi connectivity index (χ3v) is 5.54. The highest BCUT2D eigenvalue weighted by molar-refractivity contribution is 6.01. The molecule has 2 amide bonds. The van der Waals surface area contributed by atoms with Gasteiger partial charge in [0.05, 0.1) is 38.7 Å². The molecule has 7 nitrogen and oxygen atoms in total. The van der Waals surface area contributed by atoms with Gasteiger partial charge in [0.2, 0.25) is 0 Å². The monoisotopic (exact) mass is 463 g/mol. The Morgan fingerprint density at radius 1 is 1.06 bits per heavy atom. The standard InChI is InChI=1S/C26H26FN3O4/c1-32-20-13-11-18(12-14-20)24-15-21(34-29-24)17-30(16-19-7-3-4-8-22(19)27)26(31)28-23-9-5-6-10-25(23)33-2/h3-14,21H,15-17H2,1-2H3,(H,28,31)/t21-/m0/s1. The van der Waals surface area contributed by atoms with Crippen molar-refractivity contribution in [2.75, 3.05) is 26.1 Å². The van der Waals surface area contributed by atoms with Crippen molar-refractivity contribution in [3.8, 4) is 11.5 Å². The first-order valence-electron chi connectivity index (χ1n) is 10.9. The van der Waals surface area contributed by atoms with Gasteiger partial charge in [0, 0.05) is 12.0 Å². The number of carbonyl (C=O) groups excluding carboxylic acids is 1. The van der Waals surface area contributed by atoms with Gasteiger partial charge in [0.15, 0.2) is 6.10 Å². The molecule has 0 unspecified atom stereocenters. The third-order valence-electron chi connectivity index (χ3n) is 5.54. The van der Waals surface area contributed by atoms with Gasteiger partial charge in [0.25, 0.3) is 0 Å². The maximum absolute atomic E-state index is 14.4. The topological polar surface area (TPSA) is 72.4 Å². The predicted molar refractivity (Wildman–Crippen MR) is 128 cm³/mol. The van der Waals surface area contributed by atoms with Crippen LogP contribution in [0.3, 0.4) is 0 Å². The molecule has 3 aromatic rings. The lowest BCUT2D eigenvalue weighted by Crippen LogP contribution is -2.40. The van der Waals surface area contributed by atoms with E-state index in [1.807, 2.05) is 30.3 Å². The molecule has 0 saturated carbocycles. The van der Waals surface area contributed by atoms with Crippen LogP contribution < -0.4 is 14.8 Å². The predicted octanol–water partition coefficient (Wildman–Crippen LogP) is 5.07. The molecule has 176 valence electrons. The number of hydrogen-bond acceptors (Lipinski definition) is 5. The van der Waals surface area contributed by atoms with E-state index in [2.05, 4.69) is 10.5 Å². The number of anilines is 1. The Morgan fingerprint density at radius 3 is 2.53 bits per heavy atom. The van der Waals surface area contributed by atoms with E-state index in [-0.39, 0.29) is 25.0 Å². The molecule has 1 N–H and O–H groups in total. The molecular weight excluding hydrogens is 437 g/mol. The summed E-state index contributed by atoms with van der Waals surface area (Å²) >= 11 is 0. The van der Waals surface area contributed by atoms with Gasteiger partial charge in [-0.05, 0) is 48.0 Å². The van der Waals surface area contributed by atoms with Crippen molar-refractivity contribution in [1.29, 1.82) is 0 Å². The number of benzene rings is 3. The number of methoxy groups -OCH3 is 2. The Hall–Kier alpha value is -4.07. The summed E-state index contributed by atoms with van der Waals surface area (Å²) in [5, 5.41) is 7.08. The smallest absolute Gasteiger partial charge is 0.322 e. The summed E-state index contributed by atoms with van der Waals surface area (Å²) in [6.07, 6.45) is 0.148. The summed E-state index contributed by atoms with van der Waals surface area (Å²) < 4.78 is 24.9. The van der Waals surface area contributed by atoms with Crippen molar-refractivity contribution in [3.63, 3.8) is 0 Å². The summed E-state index contributed by atoms with van der Waals surface area (Å²) in [7, 11) is 3.15. The van der Waals surface area contributed by atoms with E-state index < -0.39 is 6.03 Å². The van der Waals surface area contributed by atoms with Gasteiger partial charge in [-0.3, -0.25) is 0 Å². The van der Waals surface area contributed by atoms with Crippen LogP contribution in [0.2, 0.25) is 0 Å². The van der Waals surface area contributed by atoms with Crippen molar-refractivity contribution < 1.29 is 23.5 Å². The quantitative estimate of drug-likeness (QED) is 0.506. The first-order chi connectivity index (χ1) is 16.6. The van der Waals surface area contributed by atoms with Crippen LogP contribution in [0.15, 0.2) is 78.0 Å². The lowest BCUT2D eigenvalue weighted by atomic mass is 10.0. The van der Waals surface area contributed by atoms with Gasteiger partial charge in [-0.1, -0.05) is 35.5 Å². The molecule has 34 heavy (non-hydrogen) atoms. The Bertz CT molecular complexity index is 1170. The second-order valence-corrected chi connectivity index (χ2v) is 7.80. The first kappa shape index (κ1) is 23.1. The van der Waals surface area contributed by atoms with E-state index in [1.54, 1.807) is 43.5 Å². The van der Waals surface area contributed by atoms with Crippen molar-refractivity contribution in [2.24, 2.45) is 5.16 Å². The molecule has 1 aliphatic rings. The van der Waals surface area contributed by atoms with Crippen LogP contribution in [0.1, 0.15) is 17.5 Å². The molecule has 0 fully saturated rings. The molecule has 1 aliphatic heterocycles. The molecule has 3 aromatic carbocycles. The number of para-hydroxylation sites is 2. The van der Waals surface area contributed by atoms with Crippen LogP contribution in [-0.4, -0.2) is 43.5 Å². The summed E-state index contributed by atoms with van der Waals surface area (Å²) in [6.45, 7) is 0.295. The number of halogens is 1. The number of oxime groups is 1. The number of urea groups is 1. The van der Waals surface area contributed by atoms with Crippen molar-refractivity contribution in [3.05, 3.63) is 89.7 Å². The zero-order chi connectivity index (χ0) is 23.9. The largest absolute Gasteiger partial charge is 0.497 e. The molecule has 8 heteroatoms. The molecule has 0 aliphatic carbocycles. The molecule has 0 radical (unpaired) electrons. The molecule has 0 spiro atoms. The van der Waals surface area contributed by atoms with Crippen LogP contribution in [0.4, 0.5) is 14.9 Å². The minimum atomic E-state index is -0.394. The molecular formula is C26H26FN3O4. The van der Waals surface area contributed by atoms with Crippen LogP contribution in [0, 0.1) is 5.82 Å². The molecule has 0 bridgehead atoms. The highest BCUT2D eigenvalue weighted by Gasteiger charge is 2.28. The summed E-state index contributed by atoms with van der Waals surface area (Å²) in [4.78, 5) is 20.4. The first-order valence-corrected chi connectivity index (χ1v) is 10.9. The number of nitrogens with zero attached hydrogens (tertiary/aromatic N) is 2. The highest BCUT2D eigenvalue weighted by Crippen LogP contribution is 2.25. The zero-order valence-corrected chi connectivity index (χ0v) is 19.0. The molecule has 1 atom stereocenters. The normalized spacial score (nSPS) is 14.7. The van der Waals surface area contributed by atoms with Gasteiger partial charge in [0.1, 0.15) is 17.3 Å². The minimum Gasteiger partial charge on any atom is -0.497 e. The maximum Gasteiger partial charge on any atom is 0.322 e. The van der Waals surface area contributed by atoms with E-state index in [4.69, 9.17) is 14.3 Å². The lowest BCUT2D eigenvalue weighted by Gasteiger charge is -2.26. The van der Waals surface area contributed by atoms with Gasteiger partial charge in [-0.2, -0.15) is 0 Å². The fourth-order valence-electron chi connectivity index (χ4n) is 3.72. The minimum absolute atomic E-state index is 0.0748. The SMILES string of the molecule is COc1ccc(C2=NO[C@H](CN(Cc3ccccc3F)C(=O)Nc3ccccc3OC)C2)cc1. The van der Waals surface area contributed by atoms with Gasteiger partial charge in [-0.15, -0.1) is 0 Å². The fourth-order valence-corrected chi connectivity index (χ4v) is 3.72. The number of carbonyl (C=O) groups is 1. The lowest BCUT2D eigenvalue weighted by molar-refractivity contribution is 0.0606. The van der Waals surface area contributed by atoms with Crippen molar-refractivity contribution in [1.82, 2.24) is 4.90 Å². The Morgan fingerprint density at radius 2 is 1.79 bits per heavy atom. The van der Waals surface area contributed by atoms with Gasteiger partial charge < -0.3 is 24.5 Å². The second kappa shape index (κ2) is 10.7. The number of nitrogens with one attached hydrogen (secondary N) is 1. The average Bonchev–Trinajstić information content (AvgIpc) is 3.34. The molecule has 0 saturated heterocycles. The fraction of sp³-hybridized carbons (Fsp3) is 0.231. The maximum atomic E-state index is 14.4. The highest BCUT2D eigenvalue weighted by atomic mass is 19.1. The zero-order valence-electron chi connectivity index (χ0n) is 19.0. The van der Waals surface area contributed by atoms with E-state index in [0.29, 0.717) is 23.4 Å². The van der Waals surface area contributed by atoms with E-state index in [1.165, 1.54) is 18.1 Å². The average molecular weight is 464 g/mol. The van der Waals surface area contributed by atoms with Crippen molar-refractivity contribution in [2.45, 2.75) is 19.1 Å².